The highest BCUT2D eigenvalue weighted by atomic mass is 16.5. The average Bonchev–Trinajstić information content (AvgIpc) is 2.44. The lowest BCUT2D eigenvalue weighted by atomic mass is 9.84. The molecule has 0 atom stereocenters. The molecule has 0 bridgehead atoms. The van der Waals surface area contributed by atoms with Crippen LogP contribution in [-0.4, -0.2) is 16.2 Å². The highest BCUT2D eigenvalue weighted by Crippen LogP contribution is 2.28. The molecule has 2 rings (SSSR count). The van der Waals surface area contributed by atoms with Crippen LogP contribution in [0, 0.1) is 13.8 Å². The van der Waals surface area contributed by atoms with E-state index in [0.29, 0.717) is 0 Å². The van der Waals surface area contributed by atoms with Crippen molar-refractivity contribution in [1.82, 2.24) is 0 Å². The van der Waals surface area contributed by atoms with E-state index >= 15 is 0 Å². The molecule has 0 spiro atoms. The van der Waals surface area contributed by atoms with Gasteiger partial charge in [-0.25, -0.2) is 4.79 Å². The van der Waals surface area contributed by atoms with Crippen LogP contribution >= 0.6 is 0 Å². The van der Waals surface area contributed by atoms with Crippen molar-refractivity contribution in [2.45, 2.75) is 46.6 Å². The second-order valence-electron chi connectivity index (χ2n) is 7.12. The van der Waals surface area contributed by atoms with Gasteiger partial charge in [-0.1, -0.05) is 32.9 Å². The Morgan fingerprint density at radius 2 is 1.62 bits per heavy atom. The number of ether oxygens (including phenoxy) is 1. The summed E-state index contributed by atoms with van der Waals surface area (Å²) >= 11 is 0. The van der Waals surface area contributed by atoms with Crippen LogP contribution in [0.4, 0.5) is 0 Å². The van der Waals surface area contributed by atoms with Gasteiger partial charge in [-0.05, 0) is 53.6 Å². The van der Waals surface area contributed by atoms with E-state index in [1.807, 2.05) is 13.8 Å². The molecule has 0 aliphatic carbocycles. The molecule has 0 saturated heterocycles. The Morgan fingerprint density at radius 1 is 1.04 bits per heavy atom. The van der Waals surface area contributed by atoms with E-state index in [-0.39, 0.29) is 29.1 Å². The third kappa shape index (κ3) is 3.88. The van der Waals surface area contributed by atoms with Gasteiger partial charge in [0.2, 0.25) is 0 Å². The first-order valence-corrected chi connectivity index (χ1v) is 7.89. The molecule has 4 nitrogen and oxygen atoms in total. The summed E-state index contributed by atoms with van der Waals surface area (Å²) in [5.41, 5.74) is 4.45. The number of rotatable bonds is 3. The van der Waals surface area contributed by atoms with Crippen LogP contribution in [-0.2, 0) is 16.8 Å². The van der Waals surface area contributed by atoms with Crippen molar-refractivity contribution in [3.05, 3.63) is 58.1 Å². The Kier molecular flexibility index (Phi) is 4.88. The molecule has 128 valence electrons. The first-order valence-electron chi connectivity index (χ1n) is 7.89. The Hall–Kier alpha value is -2.49. The molecule has 4 heteroatoms. The third-order valence-corrected chi connectivity index (χ3v) is 4.11. The molecule has 0 heterocycles. The predicted molar refractivity (Wildman–Crippen MR) is 93.5 cm³/mol. The molecule has 0 aromatic heterocycles. The molecule has 2 N–H and O–H groups in total. The topological polar surface area (TPSA) is 66.8 Å². The van der Waals surface area contributed by atoms with Gasteiger partial charge >= 0.3 is 5.97 Å². The van der Waals surface area contributed by atoms with E-state index in [0.717, 1.165) is 22.8 Å². The fourth-order valence-electron chi connectivity index (χ4n) is 2.56. The zero-order valence-corrected chi connectivity index (χ0v) is 14.8. The van der Waals surface area contributed by atoms with E-state index in [1.54, 1.807) is 0 Å². The number of hydrogen-bond donors (Lipinski definition) is 2. The number of aryl methyl sites for hydroxylation is 2. The first kappa shape index (κ1) is 17.9. The Morgan fingerprint density at radius 3 is 2.12 bits per heavy atom. The van der Waals surface area contributed by atoms with Gasteiger partial charge in [-0.15, -0.1) is 0 Å². The fraction of sp³-hybridized carbons (Fsp3) is 0.350. The lowest BCUT2D eigenvalue weighted by molar-refractivity contribution is 0.0468. The monoisotopic (exact) mass is 328 g/mol. The van der Waals surface area contributed by atoms with Crippen LogP contribution in [0.2, 0.25) is 0 Å². The number of phenols is 2. The molecule has 0 fully saturated rings. The summed E-state index contributed by atoms with van der Waals surface area (Å²) in [6.07, 6.45) is 0. The van der Waals surface area contributed by atoms with Gasteiger partial charge in [-0.3, -0.25) is 0 Å². The van der Waals surface area contributed by atoms with Crippen molar-refractivity contribution >= 4 is 5.97 Å². The molecule has 0 saturated carbocycles. The predicted octanol–water partition coefficient (Wildman–Crippen LogP) is 4.37. The molecule has 0 unspecified atom stereocenters. The van der Waals surface area contributed by atoms with Gasteiger partial charge in [0.1, 0.15) is 23.7 Å². The van der Waals surface area contributed by atoms with Gasteiger partial charge in [0.25, 0.3) is 0 Å². The molecule has 0 aliphatic heterocycles. The molecular weight excluding hydrogens is 304 g/mol. The minimum Gasteiger partial charge on any atom is -0.508 e. The number of phenolic OH excluding ortho intramolecular Hbond substituents is 2. The second-order valence-corrected chi connectivity index (χ2v) is 7.12. The molecule has 0 radical (unpaired) electrons. The number of benzene rings is 2. The number of hydrogen-bond acceptors (Lipinski definition) is 4. The van der Waals surface area contributed by atoms with E-state index in [1.165, 1.54) is 17.7 Å². The van der Waals surface area contributed by atoms with Gasteiger partial charge < -0.3 is 14.9 Å². The lowest BCUT2D eigenvalue weighted by Gasteiger charge is -2.22. The van der Waals surface area contributed by atoms with Crippen LogP contribution in [0.1, 0.15) is 53.4 Å². The summed E-state index contributed by atoms with van der Waals surface area (Å²) in [5.74, 6) is -1.02. The maximum absolute atomic E-state index is 12.1. The summed E-state index contributed by atoms with van der Waals surface area (Å²) in [5, 5.41) is 19.0. The molecule has 2 aromatic carbocycles. The maximum atomic E-state index is 12.1. The smallest absolute Gasteiger partial charge is 0.342 e. The van der Waals surface area contributed by atoms with Gasteiger partial charge in [0, 0.05) is 6.07 Å². The maximum Gasteiger partial charge on any atom is 0.342 e. The van der Waals surface area contributed by atoms with Crippen molar-refractivity contribution < 1.29 is 19.7 Å². The van der Waals surface area contributed by atoms with E-state index < -0.39 is 5.97 Å². The summed E-state index contributed by atoms with van der Waals surface area (Å²) in [6.45, 7) is 10.6. The number of carbonyl (C=O) groups excluding carboxylic acids is 1. The van der Waals surface area contributed by atoms with Crippen LogP contribution in [0.25, 0.3) is 0 Å². The van der Waals surface area contributed by atoms with Crippen molar-refractivity contribution in [3.63, 3.8) is 0 Å². The number of aromatic hydroxyl groups is 2. The standard InChI is InChI=1S/C20H24O4/c1-12-8-14(20(3,4)5)9-13(2)17(12)11-24-19(23)16-7-6-15(21)10-18(16)22/h6-10,21-22H,11H2,1-5H3. The Bertz CT molecular complexity index is 747. The van der Waals surface area contributed by atoms with Crippen LogP contribution in [0.5, 0.6) is 11.5 Å². The van der Waals surface area contributed by atoms with Crippen molar-refractivity contribution in [3.8, 4) is 11.5 Å². The normalized spacial score (nSPS) is 11.4. The van der Waals surface area contributed by atoms with Crippen LogP contribution in [0.15, 0.2) is 30.3 Å². The van der Waals surface area contributed by atoms with Crippen molar-refractivity contribution in [1.29, 1.82) is 0 Å². The summed E-state index contributed by atoms with van der Waals surface area (Å²) in [4.78, 5) is 12.1. The van der Waals surface area contributed by atoms with Gasteiger partial charge in [-0.2, -0.15) is 0 Å². The zero-order chi connectivity index (χ0) is 18.1. The summed E-state index contributed by atoms with van der Waals surface area (Å²) in [6, 6.07) is 8.04. The highest BCUT2D eigenvalue weighted by molar-refractivity contribution is 5.92. The minimum atomic E-state index is -0.619. The lowest BCUT2D eigenvalue weighted by Crippen LogP contribution is -2.13. The average molecular weight is 328 g/mol. The van der Waals surface area contributed by atoms with Crippen LogP contribution in [0.3, 0.4) is 0 Å². The summed E-state index contributed by atoms with van der Waals surface area (Å²) < 4.78 is 5.34. The number of carbonyl (C=O) groups is 1. The molecule has 24 heavy (non-hydrogen) atoms. The third-order valence-electron chi connectivity index (χ3n) is 4.11. The highest BCUT2D eigenvalue weighted by Gasteiger charge is 2.18. The molecule has 2 aromatic rings. The first-order chi connectivity index (χ1) is 11.1. The fourth-order valence-corrected chi connectivity index (χ4v) is 2.56. The van der Waals surface area contributed by atoms with Crippen LogP contribution < -0.4 is 0 Å². The molecule has 0 amide bonds. The van der Waals surface area contributed by atoms with Crippen molar-refractivity contribution in [2.75, 3.05) is 0 Å². The zero-order valence-electron chi connectivity index (χ0n) is 14.8. The molecular formula is C20H24O4. The number of esters is 1. The molecule has 0 aliphatic rings. The largest absolute Gasteiger partial charge is 0.508 e. The second kappa shape index (κ2) is 6.56. The Balaban J connectivity index is 2.19. The Labute approximate surface area is 142 Å². The van der Waals surface area contributed by atoms with E-state index in [9.17, 15) is 15.0 Å². The van der Waals surface area contributed by atoms with E-state index in [4.69, 9.17) is 4.74 Å². The van der Waals surface area contributed by atoms with E-state index in [2.05, 4.69) is 32.9 Å². The van der Waals surface area contributed by atoms with Gasteiger partial charge in [0.15, 0.2) is 0 Å². The van der Waals surface area contributed by atoms with Gasteiger partial charge in [0.05, 0.1) is 0 Å². The quantitative estimate of drug-likeness (QED) is 0.821. The summed E-state index contributed by atoms with van der Waals surface area (Å²) in [7, 11) is 0. The minimum absolute atomic E-state index is 0.0365. The van der Waals surface area contributed by atoms with Crippen molar-refractivity contribution in [2.24, 2.45) is 0 Å². The SMILES string of the molecule is Cc1cc(C(C)(C)C)cc(C)c1COC(=O)c1ccc(O)cc1O.